The van der Waals surface area contributed by atoms with Gasteiger partial charge in [-0.05, 0) is 35.9 Å². The van der Waals surface area contributed by atoms with Crippen molar-refractivity contribution in [3.8, 4) is 0 Å². The van der Waals surface area contributed by atoms with E-state index in [1.165, 1.54) is 10.4 Å². The van der Waals surface area contributed by atoms with Crippen molar-refractivity contribution in [1.29, 1.82) is 0 Å². The van der Waals surface area contributed by atoms with Gasteiger partial charge in [-0.15, -0.1) is 11.3 Å². The molecule has 2 aliphatic rings. The van der Waals surface area contributed by atoms with Crippen molar-refractivity contribution in [2.24, 2.45) is 0 Å². The van der Waals surface area contributed by atoms with Crippen LogP contribution in [0.2, 0.25) is 0 Å². The first-order chi connectivity index (χ1) is 10.3. The minimum atomic E-state index is -0.268. The molecule has 1 amide bonds. The summed E-state index contributed by atoms with van der Waals surface area (Å²) >= 11 is 1.73. The molecule has 1 aliphatic carbocycles. The van der Waals surface area contributed by atoms with Gasteiger partial charge in [0.15, 0.2) is 0 Å². The Labute approximate surface area is 128 Å². The van der Waals surface area contributed by atoms with Crippen molar-refractivity contribution < 1.29 is 4.79 Å². The van der Waals surface area contributed by atoms with Gasteiger partial charge in [-0.3, -0.25) is 9.78 Å². The number of hydrogen-bond acceptors (Lipinski definition) is 3. The van der Waals surface area contributed by atoms with Gasteiger partial charge in [0.1, 0.15) is 0 Å². The number of fused-ring (bicyclic) bond motifs is 1. The zero-order chi connectivity index (χ0) is 14.3. The Morgan fingerprint density at radius 1 is 1.19 bits per heavy atom. The minimum absolute atomic E-state index is 0.268. The first kappa shape index (κ1) is 13.0. The molecular weight excluding hydrogens is 280 g/mol. The number of hydrogen-bond donors (Lipinski definition) is 0. The summed E-state index contributed by atoms with van der Waals surface area (Å²) in [6.45, 7) is 1.39. The van der Waals surface area contributed by atoms with E-state index in [9.17, 15) is 4.79 Å². The average Bonchev–Trinajstić information content (AvgIpc) is 3.24. The third kappa shape index (κ3) is 2.01. The average molecular weight is 298 g/mol. The maximum atomic E-state index is 13.2. The zero-order valence-corrected chi connectivity index (χ0v) is 12.7. The molecule has 0 spiro atoms. The fraction of sp³-hybridized carbons (Fsp3) is 0.412. The summed E-state index contributed by atoms with van der Waals surface area (Å²) in [5, 5.41) is 2.09. The molecule has 2 aromatic heterocycles. The highest BCUT2D eigenvalue weighted by Gasteiger charge is 2.46. The molecule has 0 N–H and O–H groups in total. The highest BCUT2D eigenvalue weighted by Crippen LogP contribution is 2.45. The summed E-state index contributed by atoms with van der Waals surface area (Å²) in [6, 6.07) is 8.24. The molecule has 4 heteroatoms. The van der Waals surface area contributed by atoms with Crippen LogP contribution in [0.1, 0.15) is 41.8 Å². The third-order valence-electron chi connectivity index (χ3n) is 4.83. The lowest BCUT2D eigenvalue weighted by Gasteiger charge is -2.31. The van der Waals surface area contributed by atoms with Crippen molar-refractivity contribution in [2.75, 3.05) is 0 Å². The van der Waals surface area contributed by atoms with Crippen LogP contribution in [0.25, 0.3) is 0 Å². The van der Waals surface area contributed by atoms with Gasteiger partial charge in [0.05, 0.1) is 17.7 Å². The van der Waals surface area contributed by atoms with Gasteiger partial charge in [-0.2, -0.15) is 0 Å². The number of carbonyl (C=O) groups is 1. The van der Waals surface area contributed by atoms with E-state index in [4.69, 9.17) is 0 Å². The van der Waals surface area contributed by atoms with E-state index in [-0.39, 0.29) is 5.41 Å². The van der Waals surface area contributed by atoms with Crippen LogP contribution < -0.4 is 0 Å². The van der Waals surface area contributed by atoms with Gasteiger partial charge < -0.3 is 4.90 Å². The van der Waals surface area contributed by atoms with E-state index < -0.39 is 0 Å². The quantitative estimate of drug-likeness (QED) is 0.850. The van der Waals surface area contributed by atoms with E-state index in [2.05, 4.69) is 28.6 Å². The monoisotopic (exact) mass is 298 g/mol. The molecule has 0 unspecified atom stereocenters. The van der Waals surface area contributed by atoms with Gasteiger partial charge >= 0.3 is 0 Å². The van der Waals surface area contributed by atoms with Crippen molar-refractivity contribution in [3.63, 3.8) is 0 Å². The largest absolute Gasteiger partial charge is 0.332 e. The second kappa shape index (κ2) is 4.95. The molecule has 1 fully saturated rings. The van der Waals surface area contributed by atoms with Crippen LogP contribution in [0.4, 0.5) is 0 Å². The van der Waals surface area contributed by atoms with Crippen LogP contribution in [0.15, 0.2) is 35.8 Å². The Morgan fingerprint density at radius 3 is 2.76 bits per heavy atom. The van der Waals surface area contributed by atoms with Crippen molar-refractivity contribution in [3.05, 3.63) is 52.0 Å². The first-order valence-corrected chi connectivity index (χ1v) is 8.44. The van der Waals surface area contributed by atoms with E-state index in [1.54, 1.807) is 11.3 Å². The molecule has 1 aliphatic heterocycles. The molecule has 1 saturated carbocycles. The van der Waals surface area contributed by atoms with E-state index in [0.717, 1.165) is 37.9 Å². The highest BCUT2D eigenvalue weighted by molar-refractivity contribution is 7.10. The predicted octanol–water partition coefficient (Wildman–Crippen LogP) is 3.50. The number of aromatic nitrogens is 1. The summed E-state index contributed by atoms with van der Waals surface area (Å²) in [7, 11) is 0. The third-order valence-corrected chi connectivity index (χ3v) is 5.91. The maximum absolute atomic E-state index is 13.2. The Balaban J connectivity index is 1.65. The summed E-state index contributed by atoms with van der Waals surface area (Å²) < 4.78 is 0. The lowest BCUT2D eigenvalue weighted by Crippen LogP contribution is -2.42. The van der Waals surface area contributed by atoms with E-state index in [0.29, 0.717) is 12.5 Å². The summed E-state index contributed by atoms with van der Waals surface area (Å²) in [5.41, 5.74) is 1.99. The predicted molar refractivity (Wildman–Crippen MR) is 83.0 cm³/mol. The molecule has 0 saturated heterocycles. The van der Waals surface area contributed by atoms with Gasteiger partial charge in [0.2, 0.25) is 5.91 Å². The van der Waals surface area contributed by atoms with Crippen molar-refractivity contribution >= 4 is 17.2 Å². The lowest BCUT2D eigenvalue weighted by molar-refractivity contribution is -0.138. The van der Waals surface area contributed by atoms with E-state index >= 15 is 0 Å². The number of pyridine rings is 1. The molecule has 2 aromatic rings. The van der Waals surface area contributed by atoms with E-state index in [1.807, 2.05) is 17.2 Å². The van der Waals surface area contributed by atoms with Crippen LogP contribution in [-0.4, -0.2) is 15.8 Å². The highest BCUT2D eigenvalue weighted by atomic mass is 32.1. The Hall–Kier alpha value is -1.68. The molecule has 0 bridgehead atoms. The number of amides is 1. The smallest absolute Gasteiger partial charge is 0.234 e. The molecule has 108 valence electrons. The van der Waals surface area contributed by atoms with Gasteiger partial charge in [-0.1, -0.05) is 25.0 Å². The summed E-state index contributed by atoms with van der Waals surface area (Å²) in [5.74, 6) is 0.306. The zero-order valence-electron chi connectivity index (χ0n) is 11.9. The molecule has 0 aromatic carbocycles. The molecule has 3 nitrogen and oxygen atoms in total. The number of rotatable bonds is 2. The Bertz CT molecular complexity index is 634. The summed E-state index contributed by atoms with van der Waals surface area (Å²) in [6.07, 6.45) is 6.11. The van der Waals surface area contributed by atoms with Crippen LogP contribution in [-0.2, 0) is 23.3 Å². The number of thiophene rings is 1. The molecule has 3 heterocycles. The fourth-order valence-corrected chi connectivity index (χ4v) is 4.72. The number of carbonyl (C=O) groups excluding carboxylic acids is 1. The molecular formula is C17H18N2OS. The van der Waals surface area contributed by atoms with Gasteiger partial charge in [0.25, 0.3) is 0 Å². The van der Waals surface area contributed by atoms with Crippen molar-refractivity contribution in [1.82, 2.24) is 9.88 Å². The Kier molecular flexibility index (Phi) is 3.07. The second-order valence-corrected chi connectivity index (χ2v) is 6.98. The van der Waals surface area contributed by atoms with Crippen LogP contribution in [0.5, 0.6) is 0 Å². The molecule has 0 atom stereocenters. The number of nitrogens with zero attached hydrogens (tertiary/aromatic N) is 2. The SMILES string of the molecule is O=C(N1Cc2cccnc2C1)C1(c2cccs2)CCCC1. The van der Waals surface area contributed by atoms with Gasteiger partial charge in [0, 0.05) is 17.6 Å². The second-order valence-electron chi connectivity index (χ2n) is 6.04. The first-order valence-electron chi connectivity index (χ1n) is 7.56. The topological polar surface area (TPSA) is 33.2 Å². The maximum Gasteiger partial charge on any atom is 0.234 e. The lowest BCUT2D eigenvalue weighted by atomic mass is 9.83. The molecule has 0 radical (unpaired) electrons. The van der Waals surface area contributed by atoms with Crippen molar-refractivity contribution in [2.45, 2.75) is 44.2 Å². The normalized spacial score (nSPS) is 19.7. The fourth-order valence-electron chi connectivity index (χ4n) is 3.74. The van der Waals surface area contributed by atoms with Crippen LogP contribution >= 0.6 is 11.3 Å². The Morgan fingerprint density at radius 2 is 2.05 bits per heavy atom. The molecule has 4 rings (SSSR count). The molecule has 21 heavy (non-hydrogen) atoms. The van der Waals surface area contributed by atoms with Gasteiger partial charge in [-0.25, -0.2) is 0 Å². The standard InChI is InChI=1S/C17H18N2OS/c20-16(19-11-13-5-3-9-18-14(13)12-19)17(7-1-2-8-17)15-6-4-10-21-15/h3-6,9-10H,1-2,7-8,11-12H2. The van der Waals surface area contributed by atoms with Crippen LogP contribution in [0, 0.1) is 0 Å². The summed E-state index contributed by atoms with van der Waals surface area (Å²) in [4.78, 5) is 20.9. The van der Waals surface area contributed by atoms with Crippen LogP contribution in [0.3, 0.4) is 0 Å². The minimum Gasteiger partial charge on any atom is -0.332 e.